The van der Waals surface area contributed by atoms with Crippen LogP contribution in [0.1, 0.15) is 25.7 Å². The van der Waals surface area contributed by atoms with Crippen LogP contribution in [0, 0.1) is 0 Å². The number of hydrogen-bond donors (Lipinski definition) is 0. The van der Waals surface area contributed by atoms with Crippen LogP contribution in [0.25, 0.3) is 20.4 Å². The summed E-state index contributed by atoms with van der Waals surface area (Å²) in [7, 11) is 0. The average molecular weight is 579 g/mol. The number of fused-ring (bicyclic) bond motifs is 2. The molecule has 0 aliphatic rings. The molecule has 176 valence electrons. The molecule has 0 N–H and O–H groups in total. The number of carboxylic acid groups (broad SMARTS) is 2. The summed E-state index contributed by atoms with van der Waals surface area (Å²) in [5.41, 5.74) is 1.69. The van der Waals surface area contributed by atoms with Crippen molar-refractivity contribution in [3.8, 4) is 10.4 Å². The fourth-order valence-electron chi connectivity index (χ4n) is 2.49. The molecule has 0 bridgehead atoms. The Hall–Kier alpha value is -1.06. The molecule has 2 heterocycles. The SMILES string of the molecule is O=C([O-])CCC(=S)Oc1nc2ccccc2s1.O=C([O-])CCC(=S)Oc1nc2ccccc2s1.[Na+].[Na+]. The van der Waals surface area contributed by atoms with Gasteiger partial charge in [-0.25, -0.2) is 9.97 Å². The number of carbonyl (C=O) groups excluding carboxylic acids is 2. The molecular formula is C22H16N2Na2O6S4. The second kappa shape index (κ2) is 16.7. The van der Waals surface area contributed by atoms with E-state index in [2.05, 4.69) is 9.97 Å². The maximum absolute atomic E-state index is 10.3. The van der Waals surface area contributed by atoms with Crippen LogP contribution in [-0.4, -0.2) is 32.0 Å². The van der Waals surface area contributed by atoms with Crippen LogP contribution in [-0.2, 0) is 9.59 Å². The molecule has 4 aromatic rings. The fourth-order valence-corrected chi connectivity index (χ4v) is 4.64. The Morgan fingerprint density at radius 3 is 1.39 bits per heavy atom. The minimum Gasteiger partial charge on any atom is -0.550 e. The number of rotatable bonds is 8. The van der Waals surface area contributed by atoms with Crippen LogP contribution in [0.3, 0.4) is 0 Å². The van der Waals surface area contributed by atoms with Crippen molar-refractivity contribution in [2.24, 2.45) is 0 Å². The number of thiazole rings is 2. The van der Waals surface area contributed by atoms with E-state index >= 15 is 0 Å². The van der Waals surface area contributed by atoms with Gasteiger partial charge in [-0.2, -0.15) is 0 Å². The van der Waals surface area contributed by atoms with E-state index < -0.39 is 11.9 Å². The molecule has 2 aromatic carbocycles. The molecule has 0 saturated heterocycles. The Kier molecular flexibility index (Phi) is 15.3. The quantitative estimate of drug-likeness (QED) is 0.159. The van der Waals surface area contributed by atoms with E-state index in [1.165, 1.54) is 22.7 Å². The Morgan fingerprint density at radius 1 is 0.694 bits per heavy atom. The number of aliphatic carboxylic acids is 2. The van der Waals surface area contributed by atoms with Crippen molar-refractivity contribution >= 4 is 89.6 Å². The second-order valence-electron chi connectivity index (χ2n) is 6.59. The van der Waals surface area contributed by atoms with Gasteiger partial charge in [-0.1, -0.05) is 46.9 Å². The van der Waals surface area contributed by atoms with Gasteiger partial charge < -0.3 is 29.3 Å². The number of benzene rings is 2. The van der Waals surface area contributed by atoms with Crippen LogP contribution in [0.4, 0.5) is 0 Å². The van der Waals surface area contributed by atoms with E-state index in [1.807, 2.05) is 48.5 Å². The normalized spacial score (nSPS) is 9.78. The molecule has 36 heavy (non-hydrogen) atoms. The first kappa shape index (κ1) is 33.0. The van der Waals surface area contributed by atoms with Gasteiger partial charge in [0.15, 0.2) is 10.1 Å². The number of thiocarbonyl (C=S) groups is 2. The largest absolute Gasteiger partial charge is 1.00 e. The summed E-state index contributed by atoms with van der Waals surface area (Å²) < 4.78 is 12.6. The predicted molar refractivity (Wildman–Crippen MR) is 134 cm³/mol. The van der Waals surface area contributed by atoms with Crippen molar-refractivity contribution < 1.29 is 88.4 Å². The number of aromatic nitrogens is 2. The third kappa shape index (κ3) is 11.1. The third-order valence-corrected chi connectivity index (χ3v) is 6.42. The van der Waals surface area contributed by atoms with Gasteiger partial charge in [0.05, 0.1) is 20.4 Å². The molecule has 8 nitrogen and oxygen atoms in total. The summed E-state index contributed by atoms with van der Waals surface area (Å²) in [5.74, 6) is -2.28. The van der Waals surface area contributed by atoms with Crippen LogP contribution in [0.5, 0.6) is 10.4 Å². The summed E-state index contributed by atoms with van der Waals surface area (Å²) in [6.07, 6.45) is 0.0502. The molecular weight excluding hydrogens is 562 g/mol. The van der Waals surface area contributed by atoms with Crippen LogP contribution < -0.4 is 78.8 Å². The van der Waals surface area contributed by atoms with Gasteiger partial charge in [-0.05, 0) is 61.5 Å². The van der Waals surface area contributed by atoms with Crippen LogP contribution in [0.15, 0.2) is 48.5 Å². The van der Waals surface area contributed by atoms with E-state index in [0.717, 1.165) is 20.4 Å². The van der Waals surface area contributed by atoms with Crippen molar-refractivity contribution in [3.05, 3.63) is 48.5 Å². The smallest absolute Gasteiger partial charge is 0.550 e. The summed E-state index contributed by atoms with van der Waals surface area (Å²) in [4.78, 5) is 29.0. The number of nitrogens with zero attached hydrogens (tertiary/aromatic N) is 2. The van der Waals surface area contributed by atoms with E-state index in [-0.39, 0.29) is 94.9 Å². The molecule has 14 heteroatoms. The van der Waals surface area contributed by atoms with Gasteiger partial charge in [-0.15, -0.1) is 0 Å². The van der Waals surface area contributed by atoms with Gasteiger partial charge in [0, 0.05) is 24.8 Å². The first-order valence-corrected chi connectivity index (χ1v) is 12.3. The van der Waals surface area contributed by atoms with Crippen molar-refractivity contribution in [3.63, 3.8) is 0 Å². The molecule has 0 radical (unpaired) electrons. The summed E-state index contributed by atoms with van der Waals surface area (Å²) in [5, 5.41) is 21.8. The summed E-state index contributed by atoms with van der Waals surface area (Å²) in [6, 6.07) is 15.2. The van der Waals surface area contributed by atoms with E-state index in [4.69, 9.17) is 33.9 Å². The van der Waals surface area contributed by atoms with Gasteiger partial charge in [0.25, 0.3) is 10.4 Å². The molecule has 0 aliphatic carbocycles. The Balaban J connectivity index is 0.000000341. The predicted octanol–water partition coefficient (Wildman–Crippen LogP) is -2.93. The number of hydrogen-bond acceptors (Lipinski definition) is 12. The van der Waals surface area contributed by atoms with Crippen LogP contribution in [0.2, 0.25) is 0 Å². The van der Waals surface area contributed by atoms with Crippen molar-refractivity contribution in [1.82, 2.24) is 9.97 Å². The summed E-state index contributed by atoms with van der Waals surface area (Å²) >= 11 is 12.6. The van der Waals surface area contributed by atoms with Gasteiger partial charge in [0.1, 0.15) is 0 Å². The Morgan fingerprint density at radius 2 is 1.06 bits per heavy atom. The summed E-state index contributed by atoms with van der Waals surface area (Å²) in [6.45, 7) is 0. The Bertz CT molecular complexity index is 1180. The van der Waals surface area contributed by atoms with E-state index in [9.17, 15) is 19.8 Å². The zero-order chi connectivity index (χ0) is 24.5. The number of ether oxygens (including phenoxy) is 2. The molecule has 0 saturated carbocycles. The first-order chi connectivity index (χ1) is 16.3. The average Bonchev–Trinajstić information content (AvgIpc) is 3.39. The molecule has 0 aliphatic heterocycles. The molecule has 0 atom stereocenters. The minimum atomic E-state index is -1.14. The van der Waals surface area contributed by atoms with Crippen molar-refractivity contribution in [1.29, 1.82) is 0 Å². The van der Waals surface area contributed by atoms with Crippen molar-refractivity contribution in [2.75, 3.05) is 0 Å². The van der Waals surface area contributed by atoms with Crippen LogP contribution >= 0.6 is 47.1 Å². The zero-order valence-corrected chi connectivity index (χ0v) is 26.7. The maximum Gasteiger partial charge on any atom is 1.00 e. The van der Waals surface area contributed by atoms with Gasteiger partial charge in [-0.3, -0.25) is 0 Å². The third-order valence-electron chi connectivity index (χ3n) is 4.02. The molecule has 0 amide bonds. The number of carbonyl (C=O) groups is 2. The molecule has 0 unspecified atom stereocenters. The monoisotopic (exact) mass is 578 g/mol. The second-order valence-corrected chi connectivity index (χ2v) is 9.48. The van der Waals surface area contributed by atoms with E-state index in [1.54, 1.807) is 0 Å². The molecule has 4 rings (SSSR count). The van der Waals surface area contributed by atoms with E-state index in [0.29, 0.717) is 10.4 Å². The first-order valence-electron chi connectivity index (χ1n) is 9.82. The van der Waals surface area contributed by atoms with Gasteiger partial charge in [0.2, 0.25) is 0 Å². The zero-order valence-electron chi connectivity index (χ0n) is 19.4. The topological polar surface area (TPSA) is 124 Å². The van der Waals surface area contributed by atoms with Gasteiger partial charge >= 0.3 is 59.1 Å². The fraction of sp³-hybridized carbons (Fsp3) is 0.182. The molecule has 0 fully saturated rings. The standard InChI is InChI=1S/2C11H9NO3S2.2Na/c2*13-9(14)5-6-10(16)15-11-12-7-3-1-2-4-8(7)17-11;;/h2*1-4H,5-6H2,(H,13,14);;/q;;2*+1/p-2. The molecule has 0 spiro atoms. The maximum atomic E-state index is 10.3. The number of para-hydroxylation sites is 2. The van der Waals surface area contributed by atoms with Crippen molar-refractivity contribution in [2.45, 2.75) is 25.7 Å². The molecule has 2 aromatic heterocycles. The minimum absolute atomic E-state index is 0. The number of carboxylic acids is 2. The Labute approximate surface area is 269 Å².